The van der Waals surface area contributed by atoms with Crippen molar-refractivity contribution in [3.63, 3.8) is 0 Å². The third-order valence-corrected chi connectivity index (χ3v) is 6.46. The molecule has 40 heavy (non-hydrogen) atoms. The van der Waals surface area contributed by atoms with Gasteiger partial charge in [0.25, 0.3) is 0 Å². The van der Waals surface area contributed by atoms with Crippen LogP contribution in [0.4, 0.5) is 0 Å². The first-order chi connectivity index (χ1) is 19.2. The molecular formula is C30H44N6O4. The Balaban J connectivity index is 0.00000274. The Hall–Kier alpha value is -3.49. The number of terminal acetylenes is 1. The lowest BCUT2D eigenvalue weighted by Crippen LogP contribution is -2.59. The Labute approximate surface area is 238 Å². The van der Waals surface area contributed by atoms with Gasteiger partial charge in [-0.25, -0.2) is 0 Å². The predicted octanol–water partition coefficient (Wildman–Crippen LogP) is 1.38. The van der Waals surface area contributed by atoms with Crippen LogP contribution >= 0.6 is 0 Å². The lowest BCUT2D eigenvalue weighted by Gasteiger charge is -2.32. The molecule has 5 N–H and O–H groups in total. The molecule has 2 aliphatic heterocycles. The summed E-state index contributed by atoms with van der Waals surface area (Å²) < 4.78 is 5.90. The molecule has 3 rings (SSSR count). The van der Waals surface area contributed by atoms with E-state index in [4.69, 9.17) is 22.0 Å². The van der Waals surface area contributed by atoms with Crippen molar-refractivity contribution in [1.29, 1.82) is 0 Å². The molecule has 1 saturated heterocycles. The zero-order valence-electron chi connectivity index (χ0n) is 24.0. The molecular weight excluding hydrogens is 508 g/mol. The van der Waals surface area contributed by atoms with Gasteiger partial charge in [-0.2, -0.15) is 0 Å². The molecule has 2 heterocycles. The average molecular weight is 553 g/mol. The maximum absolute atomic E-state index is 13.5. The van der Waals surface area contributed by atoms with Crippen LogP contribution in [0.15, 0.2) is 59.1 Å². The Morgan fingerprint density at radius 1 is 1.27 bits per heavy atom. The quantitative estimate of drug-likeness (QED) is 0.175. The van der Waals surface area contributed by atoms with Gasteiger partial charge in [0.2, 0.25) is 11.8 Å². The van der Waals surface area contributed by atoms with Crippen LogP contribution < -0.4 is 16.4 Å². The van der Waals surface area contributed by atoms with Gasteiger partial charge < -0.3 is 30.7 Å². The minimum Gasteiger partial charge on any atom is -0.400 e. The molecule has 0 aromatic heterocycles. The van der Waals surface area contributed by atoms with Crippen molar-refractivity contribution in [2.45, 2.75) is 64.1 Å². The molecule has 0 saturated carbocycles. The van der Waals surface area contributed by atoms with E-state index in [-0.39, 0.29) is 24.6 Å². The number of aliphatic hydroxyl groups is 1. The molecule has 3 atom stereocenters. The van der Waals surface area contributed by atoms with Gasteiger partial charge in [0.15, 0.2) is 0 Å². The van der Waals surface area contributed by atoms with Crippen LogP contribution in [-0.2, 0) is 20.9 Å². The largest absolute Gasteiger partial charge is 0.400 e. The normalized spacial score (nSPS) is 18.7. The number of carbonyl (C=O) groups is 2. The van der Waals surface area contributed by atoms with Crippen LogP contribution in [0.2, 0.25) is 0 Å². The summed E-state index contributed by atoms with van der Waals surface area (Å²) in [5, 5.41) is 13.3. The van der Waals surface area contributed by atoms with Gasteiger partial charge in [-0.15, -0.1) is 6.42 Å². The maximum Gasteiger partial charge on any atom is 0.249 e. The second-order valence-corrected chi connectivity index (χ2v) is 10.1. The van der Waals surface area contributed by atoms with E-state index in [1.165, 1.54) is 0 Å². The molecule has 1 aromatic rings. The third kappa shape index (κ3) is 9.92. The van der Waals surface area contributed by atoms with Gasteiger partial charge >= 0.3 is 0 Å². The van der Waals surface area contributed by atoms with Crippen LogP contribution in [0.5, 0.6) is 0 Å². The summed E-state index contributed by atoms with van der Waals surface area (Å²) in [5.74, 6) is 2.23. The van der Waals surface area contributed by atoms with Crippen molar-refractivity contribution >= 4 is 18.2 Å². The predicted molar refractivity (Wildman–Crippen MR) is 158 cm³/mol. The first kappa shape index (κ1) is 32.7. The van der Waals surface area contributed by atoms with Gasteiger partial charge in [-0.05, 0) is 56.9 Å². The molecule has 0 radical (unpaired) electrons. The van der Waals surface area contributed by atoms with Crippen LogP contribution in [0.3, 0.4) is 0 Å². The molecule has 218 valence electrons. The van der Waals surface area contributed by atoms with E-state index in [0.29, 0.717) is 13.2 Å². The number of nitrogens with one attached hydrogen (secondary N) is 2. The fourth-order valence-corrected chi connectivity index (χ4v) is 4.38. The van der Waals surface area contributed by atoms with E-state index < -0.39 is 17.7 Å². The van der Waals surface area contributed by atoms with Crippen molar-refractivity contribution in [1.82, 2.24) is 20.4 Å². The number of amides is 2. The van der Waals surface area contributed by atoms with Crippen molar-refractivity contribution < 1.29 is 19.4 Å². The molecule has 0 bridgehead atoms. The Kier molecular flexibility index (Phi) is 13.6. The van der Waals surface area contributed by atoms with Crippen molar-refractivity contribution in [2.24, 2.45) is 10.7 Å². The molecule has 0 spiro atoms. The Morgan fingerprint density at radius 2 is 1.95 bits per heavy atom. The summed E-state index contributed by atoms with van der Waals surface area (Å²) in [7, 11) is 1.00. The SMILES string of the molecule is C#C/C=C\C(=C/C)C(C(=O)N1CCCC1)N1C=N[C@H](N[C@@H](COCc2ccccc2)NC(=O)C(C)(C)N)C1.CO. The number of hydrogen-bond donors (Lipinski definition) is 4. The van der Waals surface area contributed by atoms with E-state index in [0.717, 1.165) is 44.2 Å². The number of aliphatic hydroxyl groups excluding tert-OH is 1. The number of benzene rings is 1. The van der Waals surface area contributed by atoms with Crippen LogP contribution in [-0.4, -0.2) is 90.3 Å². The number of carbonyl (C=O) groups excluding carboxylic acids is 2. The smallest absolute Gasteiger partial charge is 0.249 e. The number of nitrogens with two attached hydrogens (primary N) is 1. The highest BCUT2D eigenvalue weighted by atomic mass is 16.5. The zero-order valence-corrected chi connectivity index (χ0v) is 24.0. The number of aliphatic imine (C=N–C) groups is 1. The van der Waals surface area contributed by atoms with Crippen molar-refractivity contribution in [3.05, 3.63) is 59.7 Å². The van der Waals surface area contributed by atoms with Crippen molar-refractivity contribution in [2.75, 3.05) is 33.4 Å². The number of ether oxygens (including phenoxy) is 1. The first-order valence-electron chi connectivity index (χ1n) is 13.5. The zero-order chi connectivity index (χ0) is 29.5. The fraction of sp³-hybridized carbons (Fsp3) is 0.500. The average Bonchev–Trinajstić information content (AvgIpc) is 3.65. The number of allylic oxidation sites excluding steroid dienone is 2. The molecule has 10 heteroatoms. The first-order valence-corrected chi connectivity index (χ1v) is 13.5. The second-order valence-electron chi connectivity index (χ2n) is 10.1. The van der Waals surface area contributed by atoms with Crippen LogP contribution in [0.1, 0.15) is 39.2 Å². The summed E-state index contributed by atoms with van der Waals surface area (Å²) >= 11 is 0. The van der Waals surface area contributed by atoms with Crippen molar-refractivity contribution in [3.8, 4) is 12.3 Å². The van der Waals surface area contributed by atoms with Gasteiger partial charge in [0.05, 0.1) is 31.6 Å². The minimum atomic E-state index is -1.05. The van der Waals surface area contributed by atoms with Crippen LogP contribution in [0.25, 0.3) is 0 Å². The fourth-order valence-electron chi connectivity index (χ4n) is 4.38. The topological polar surface area (TPSA) is 133 Å². The van der Waals surface area contributed by atoms with E-state index in [9.17, 15) is 9.59 Å². The number of rotatable bonds is 12. The molecule has 0 aliphatic carbocycles. The summed E-state index contributed by atoms with van der Waals surface area (Å²) in [4.78, 5) is 34.6. The second kappa shape index (κ2) is 16.6. The summed E-state index contributed by atoms with van der Waals surface area (Å²) in [5.41, 5.74) is 6.80. The minimum absolute atomic E-state index is 0.0327. The van der Waals surface area contributed by atoms with E-state index in [1.54, 1.807) is 32.3 Å². The summed E-state index contributed by atoms with van der Waals surface area (Å²) in [6.07, 6.45) is 13.6. The van der Waals surface area contributed by atoms with Gasteiger partial charge in [0, 0.05) is 20.2 Å². The monoisotopic (exact) mass is 552 g/mol. The van der Waals surface area contributed by atoms with Gasteiger partial charge in [-0.3, -0.25) is 19.9 Å². The number of likely N-dealkylation sites (tertiary alicyclic amines) is 1. The van der Waals surface area contributed by atoms with Crippen LogP contribution in [0, 0.1) is 12.3 Å². The maximum atomic E-state index is 13.5. The molecule has 1 unspecified atom stereocenters. The highest BCUT2D eigenvalue weighted by Crippen LogP contribution is 2.21. The van der Waals surface area contributed by atoms with E-state index in [2.05, 4.69) is 21.5 Å². The molecule has 10 nitrogen and oxygen atoms in total. The standard InChI is InChI=1S/C29H40N6O3.CH4O/c1-5-7-15-23(6-2)26(27(36)34-16-11-12-17-34)35-18-24(31-21-35)32-25(33-28(37)29(3,4)30)20-38-19-22-13-9-8-10-14-22;1-2/h1,6-10,13-15,21,24-26,32H,11-12,16-20,30H2,2-4H3,(H,33,37);2H,1H3/b15-7-,23-6+;/t24-,25-,26?;/m1./s1. The van der Waals surface area contributed by atoms with E-state index in [1.807, 2.05) is 53.1 Å². The lowest BCUT2D eigenvalue weighted by atomic mass is 10.0. The lowest BCUT2D eigenvalue weighted by molar-refractivity contribution is -0.133. The molecule has 1 fully saturated rings. The molecule has 2 amide bonds. The summed E-state index contributed by atoms with van der Waals surface area (Å²) in [6.45, 7) is 7.74. The van der Waals surface area contributed by atoms with E-state index >= 15 is 0 Å². The highest BCUT2D eigenvalue weighted by molar-refractivity contribution is 5.88. The summed E-state index contributed by atoms with van der Waals surface area (Å²) in [6, 6.07) is 9.27. The number of nitrogens with zero attached hydrogens (tertiary/aromatic N) is 3. The highest BCUT2D eigenvalue weighted by Gasteiger charge is 2.36. The van der Waals surface area contributed by atoms with Gasteiger partial charge in [0.1, 0.15) is 18.4 Å². The Bertz CT molecular complexity index is 1070. The number of hydrogen-bond acceptors (Lipinski definition) is 8. The molecule has 2 aliphatic rings. The Morgan fingerprint density at radius 3 is 2.55 bits per heavy atom. The third-order valence-electron chi connectivity index (χ3n) is 6.46. The van der Waals surface area contributed by atoms with Gasteiger partial charge in [-0.1, -0.05) is 42.3 Å². The molecule has 1 aromatic carbocycles.